The van der Waals surface area contributed by atoms with E-state index in [0.29, 0.717) is 0 Å². The van der Waals surface area contributed by atoms with Crippen molar-refractivity contribution in [1.29, 1.82) is 0 Å². The summed E-state index contributed by atoms with van der Waals surface area (Å²) in [4.78, 5) is 46.7. The Kier molecular flexibility index (Phi) is 8.25. The van der Waals surface area contributed by atoms with E-state index in [4.69, 9.17) is 18.9 Å². The first kappa shape index (κ1) is 26.5. The summed E-state index contributed by atoms with van der Waals surface area (Å²) in [7, 11) is 4.88. The van der Waals surface area contributed by atoms with Crippen molar-refractivity contribution in [3.63, 3.8) is 0 Å². The molecule has 37 heavy (non-hydrogen) atoms. The molecule has 0 fully saturated rings. The summed E-state index contributed by atoms with van der Waals surface area (Å²) in [6.45, 7) is 0. The number of esters is 3. The first-order valence-corrected chi connectivity index (χ1v) is 10.4. The van der Waals surface area contributed by atoms with E-state index in [1.807, 2.05) is 0 Å². The van der Waals surface area contributed by atoms with Crippen LogP contribution in [0.25, 0.3) is 0 Å². The second-order valence-electron chi connectivity index (χ2n) is 7.15. The van der Waals surface area contributed by atoms with Crippen molar-refractivity contribution in [3.8, 4) is 28.7 Å². The summed E-state index contributed by atoms with van der Waals surface area (Å²) in [5.74, 6) is -2.12. The molecule has 0 unspecified atom stereocenters. The van der Waals surface area contributed by atoms with Crippen molar-refractivity contribution < 1.29 is 47.7 Å². The highest BCUT2D eigenvalue weighted by molar-refractivity contribution is 5.92. The maximum Gasteiger partial charge on any atom is 0.338 e. The number of nitrogens with zero attached hydrogens (tertiary/aromatic N) is 1. The van der Waals surface area contributed by atoms with Crippen molar-refractivity contribution >= 4 is 23.6 Å². The van der Waals surface area contributed by atoms with Gasteiger partial charge in [-0.3, -0.25) is 10.1 Å². The first-order chi connectivity index (χ1) is 17.7. The van der Waals surface area contributed by atoms with Gasteiger partial charge in [-0.15, -0.1) is 0 Å². The normalized spacial score (nSPS) is 10.2. The molecule has 3 aromatic rings. The second-order valence-corrected chi connectivity index (χ2v) is 7.15. The van der Waals surface area contributed by atoms with Crippen LogP contribution in [0.4, 0.5) is 5.69 Å². The van der Waals surface area contributed by atoms with Crippen LogP contribution in [0.15, 0.2) is 54.6 Å². The largest absolute Gasteiger partial charge is 0.490 e. The van der Waals surface area contributed by atoms with Crippen molar-refractivity contribution in [2.24, 2.45) is 0 Å². The van der Waals surface area contributed by atoms with E-state index in [1.165, 1.54) is 69.9 Å². The van der Waals surface area contributed by atoms with Gasteiger partial charge in [-0.25, -0.2) is 14.4 Å². The minimum atomic E-state index is -0.770. The molecule has 0 aliphatic heterocycles. The van der Waals surface area contributed by atoms with Crippen molar-refractivity contribution in [2.75, 3.05) is 28.4 Å². The lowest BCUT2D eigenvalue weighted by atomic mass is 10.1. The van der Waals surface area contributed by atoms with Gasteiger partial charge in [-0.2, -0.15) is 0 Å². The predicted molar refractivity (Wildman–Crippen MR) is 127 cm³/mol. The molecule has 0 saturated heterocycles. The quantitative estimate of drug-likeness (QED) is 0.172. The Bertz CT molecular complexity index is 1350. The van der Waals surface area contributed by atoms with E-state index in [1.54, 1.807) is 0 Å². The molecule has 0 aliphatic carbocycles. The summed E-state index contributed by atoms with van der Waals surface area (Å²) < 4.78 is 31.1. The number of ether oxygens (including phenoxy) is 6. The first-order valence-electron chi connectivity index (χ1n) is 10.4. The lowest BCUT2D eigenvalue weighted by Gasteiger charge is -2.16. The van der Waals surface area contributed by atoms with Crippen LogP contribution in [0.5, 0.6) is 28.7 Å². The van der Waals surface area contributed by atoms with Crippen molar-refractivity contribution in [2.45, 2.75) is 0 Å². The van der Waals surface area contributed by atoms with Crippen LogP contribution in [0, 0.1) is 10.1 Å². The molecule has 0 N–H and O–H groups in total. The number of nitro benzene ring substituents is 1. The van der Waals surface area contributed by atoms with E-state index in [-0.39, 0.29) is 45.4 Å². The lowest BCUT2D eigenvalue weighted by molar-refractivity contribution is -0.385. The molecule has 0 aromatic heterocycles. The Hall–Kier alpha value is -5.13. The number of carbonyl (C=O) groups excluding carboxylic acids is 3. The fraction of sp³-hybridized carbons (Fsp3) is 0.160. The molecule has 0 amide bonds. The van der Waals surface area contributed by atoms with Crippen LogP contribution in [0.2, 0.25) is 0 Å². The number of hydrogen-bond donors (Lipinski definition) is 0. The smallest absolute Gasteiger partial charge is 0.338 e. The van der Waals surface area contributed by atoms with Crippen molar-refractivity contribution in [3.05, 3.63) is 81.4 Å². The van der Waals surface area contributed by atoms with Gasteiger partial charge in [-0.05, 0) is 48.5 Å². The van der Waals surface area contributed by atoms with E-state index in [9.17, 15) is 24.5 Å². The van der Waals surface area contributed by atoms with Crippen LogP contribution in [-0.2, 0) is 14.2 Å². The Morgan fingerprint density at radius 3 is 1.70 bits per heavy atom. The topological polar surface area (TPSA) is 150 Å². The molecule has 0 atom stereocenters. The number of rotatable bonds is 9. The molecule has 3 aromatic carbocycles. The number of nitro groups is 1. The number of benzene rings is 3. The Morgan fingerprint density at radius 2 is 1.16 bits per heavy atom. The molecular formula is C25H21NO11. The van der Waals surface area contributed by atoms with Gasteiger partial charge in [0.2, 0.25) is 11.5 Å². The third-order valence-electron chi connectivity index (χ3n) is 4.95. The molecule has 192 valence electrons. The van der Waals surface area contributed by atoms with Gasteiger partial charge in [0.25, 0.3) is 0 Å². The van der Waals surface area contributed by atoms with E-state index in [0.717, 1.165) is 13.2 Å². The molecule has 0 spiro atoms. The van der Waals surface area contributed by atoms with Crippen molar-refractivity contribution in [1.82, 2.24) is 0 Å². The number of methoxy groups -OCH3 is 4. The molecule has 0 bridgehead atoms. The van der Waals surface area contributed by atoms with Gasteiger partial charge < -0.3 is 28.4 Å². The second kappa shape index (κ2) is 11.5. The molecule has 0 aliphatic rings. The van der Waals surface area contributed by atoms with E-state index >= 15 is 0 Å². The molecular weight excluding hydrogens is 490 g/mol. The third kappa shape index (κ3) is 5.93. The highest BCUT2D eigenvalue weighted by Crippen LogP contribution is 2.44. The summed E-state index contributed by atoms with van der Waals surface area (Å²) in [5.41, 5.74) is -0.310. The van der Waals surface area contributed by atoms with Crippen LogP contribution < -0.4 is 14.2 Å². The average molecular weight is 511 g/mol. The fourth-order valence-electron chi connectivity index (χ4n) is 3.18. The highest BCUT2D eigenvalue weighted by Gasteiger charge is 2.24. The Balaban J connectivity index is 2.08. The van der Waals surface area contributed by atoms with Crippen LogP contribution in [0.1, 0.15) is 31.1 Å². The summed E-state index contributed by atoms with van der Waals surface area (Å²) in [5, 5.41) is 11.7. The highest BCUT2D eigenvalue weighted by atomic mass is 16.6. The van der Waals surface area contributed by atoms with Gasteiger partial charge in [0.15, 0.2) is 11.5 Å². The van der Waals surface area contributed by atoms with Gasteiger partial charge in [0.1, 0.15) is 5.75 Å². The van der Waals surface area contributed by atoms with Gasteiger partial charge in [0.05, 0.1) is 50.1 Å². The maximum atomic E-state index is 12.3. The molecule has 12 nitrogen and oxygen atoms in total. The zero-order chi connectivity index (χ0) is 27.1. The Labute approximate surface area is 210 Å². The maximum absolute atomic E-state index is 12.3. The zero-order valence-corrected chi connectivity index (χ0v) is 20.1. The monoisotopic (exact) mass is 511 g/mol. The predicted octanol–water partition coefficient (Wildman–Crippen LogP) is 4.55. The molecule has 3 rings (SSSR count). The SMILES string of the molecule is COC(=O)c1ccc(Oc2cc(C(=O)OC)cc(Oc3ccc(C(=O)OC)cc3[N+](=O)[O-])c2OC)cc1. The lowest BCUT2D eigenvalue weighted by Crippen LogP contribution is -2.05. The summed E-state index contributed by atoms with van der Waals surface area (Å²) in [6, 6.07) is 12.0. The standard InChI is InChI=1S/C25H21NO11/c1-32-22-20(36-17-8-5-14(6-9-17)23(27)33-2)12-16(25(29)35-4)13-21(22)37-19-10-7-15(24(28)34-3)11-18(19)26(30)31/h5-13H,1-4H3. The zero-order valence-electron chi connectivity index (χ0n) is 20.1. The van der Waals surface area contributed by atoms with Gasteiger partial charge >= 0.3 is 23.6 Å². The molecule has 0 heterocycles. The fourth-order valence-corrected chi connectivity index (χ4v) is 3.18. The van der Waals surface area contributed by atoms with Crippen LogP contribution in [-0.4, -0.2) is 51.3 Å². The number of hydrogen-bond acceptors (Lipinski definition) is 11. The van der Waals surface area contributed by atoms with E-state index < -0.39 is 28.5 Å². The molecule has 0 radical (unpaired) electrons. The minimum Gasteiger partial charge on any atom is -0.490 e. The van der Waals surface area contributed by atoms with Gasteiger partial charge in [-0.1, -0.05) is 0 Å². The molecule has 0 saturated carbocycles. The summed E-state index contributed by atoms with van der Waals surface area (Å²) >= 11 is 0. The third-order valence-corrected chi connectivity index (χ3v) is 4.95. The minimum absolute atomic E-state index is 0.00367. The van der Waals surface area contributed by atoms with Gasteiger partial charge in [0, 0.05) is 6.07 Å². The van der Waals surface area contributed by atoms with Crippen LogP contribution in [0.3, 0.4) is 0 Å². The summed E-state index contributed by atoms with van der Waals surface area (Å²) in [6.07, 6.45) is 0. The molecule has 12 heteroatoms. The van der Waals surface area contributed by atoms with Crippen LogP contribution >= 0.6 is 0 Å². The Morgan fingerprint density at radius 1 is 0.649 bits per heavy atom. The van der Waals surface area contributed by atoms with E-state index in [2.05, 4.69) is 9.47 Å². The number of carbonyl (C=O) groups is 3. The average Bonchev–Trinajstić information content (AvgIpc) is 2.92.